The van der Waals surface area contributed by atoms with Gasteiger partial charge in [0, 0.05) is 10.7 Å². The lowest BCUT2D eigenvalue weighted by molar-refractivity contribution is 0.608. The predicted molar refractivity (Wildman–Crippen MR) is 51.5 cm³/mol. The van der Waals surface area contributed by atoms with Gasteiger partial charge in [-0.3, -0.25) is 0 Å². The zero-order valence-electron chi connectivity index (χ0n) is 6.96. The smallest absolute Gasteiger partial charge is 0.207 e. The van der Waals surface area contributed by atoms with E-state index in [1.807, 2.05) is 6.07 Å². The van der Waals surface area contributed by atoms with Gasteiger partial charge in [-0.05, 0) is 36.5 Å². The number of fused-ring (bicyclic) bond motifs is 1. The zero-order chi connectivity index (χ0) is 9.47. The summed E-state index contributed by atoms with van der Waals surface area (Å²) < 4.78 is 22.3. The predicted octanol–water partition coefficient (Wildman–Crippen LogP) is 2.10. The molecule has 0 atom stereocenters. The van der Waals surface area contributed by atoms with E-state index in [9.17, 15) is 8.42 Å². The van der Waals surface area contributed by atoms with Crippen molar-refractivity contribution in [3.8, 4) is 0 Å². The van der Waals surface area contributed by atoms with E-state index in [4.69, 9.17) is 10.7 Å². The lowest BCUT2D eigenvalue weighted by atomic mass is 10.1. The Labute approximate surface area is 82.0 Å². The summed E-state index contributed by atoms with van der Waals surface area (Å²) in [6, 6.07) is 5.29. The van der Waals surface area contributed by atoms with Gasteiger partial charge in [-0.25, -0.2) is 8.42 Å². The van der Waals surface area contributed by atoms with Crippen molar-refractivity contribution >= 4 is 19.7 Å². The summed E-state index contributed by atoms with van der Waals surface area (Å²) in [6.45, 7) is 0. The van der Waals surface area contributed by atoms with Gasteiger partial charge in [-0.15, -0.1) is 0 Å². The first-order valence-corrected chi connectivity index (χ1v) is 6.45. The minimum atomic E-state index is -3.56. The van der Waals surface area contributed by atoms with Gasteiger partial charge in [0.2, 0.25) is 0 Å². The molecule has 1 aromatic rings. The van der Waals surface area contributed by atoms with Gasteiger partial charge in [0.1, 0.15) is 0 Å². The number of hydrogen-bond donors (Lipinski definition) is 0. The largest absolute Gasteiger partial charge is 0.261 e. The summed E-state index contributed by atoms with van der Waals surface area (Å²) in [5, 5.41) is 0. The van der Waals surface area contributed by atoms with Crippen LogP contribution in [0, 0.1) is 0 Å². The quantitative estimate of drug-likeness (QED) is 0.674. The molecule has 4 heteroatoms. The third-order valence-electron chi connectivity index (χ3n) is 2.37. The van der Waals surface area contributed by atoms with Crippen molar-refractivity contribution in [1.29, 1.82) is 0 Å². The Morgan fingerprint density at radius 3 is 2.69 bits per heavy atom. The molecular formula is C9H9ClO2S. The molecule has 2 nitrogen and oxygen atoms in total. The van der Waals surface area contributed by atoms with Crippen molar-refractivity contribution in [2.24, 2.45) is 0 Å². The third kappa shape index (κ3) is 1.58. The molecular weight excluding hydrogens is 208 g/mol. The highest BCUT2D eigenvalue weighted by Gasteiger charge is 2.21. The Hall–Kier alpha value is -0.540. The molecule has 1 aliphatic rings. The number of aryl methyl sites for hydroxylation is 1. The van der Waals surface area contributed by atoms with E-state index in [1.165, 1.54) is 0 Å². The van der Waals surface area contributed by atoms with E-state index in [2.05, 4.69) is 0 Å². The van der Waals surface area contributed by atoms with Crippen molar-refractivity contribution < 1.29 is 8.42 Å². The Bertz CT molecular complexity index is 437. The van der Waals surface area contributed by atoms with Crippen molar-refractivity contribution in [2.45, 2.75) is 24.2 Å². The molecule has 0 fully saturated rings. The van der Waals surface area contributed by atoms with E-state index < -0.39 is 9.05 Å². The number of hydrogen-bond acceptors (Lipinski definition) is 2. The summed E-state index contributed by atoms with van der Waals surface area (Å²) in [5.74, 6) is 0. The second kappa shape index (κ2) is 3.00. The monoisotopic (exact) mass is 216 g/mol. The van der Waals surface area contributed by atoms with Gasteiger partial charge in [0.05, 0.1) is 4.90 Å². The highest BCUT2D eigenvalue weighted by atomic mass is 35.7. The molecule has 0 spiro atoms. The molecule has 1 aromatic carbocycles. The van der Waals surface area contributed by atoms with E-state index in [1.54, 1.807) is 12.1 Å². The van der Waals surface area contributed by atoms with Crippen LogP contribution in [-0.4, -0.2) is 8.42 Å². The average molecular weight is 217 g/mol. The van der Waals surface area contributed by atoms with Crippen LogP contribution in [0.4, 0.5) is 0 Å². The molecule has 0 aromatic heterocycles. The fourth-order valence-electron chi connectivity index (χ4n) is 1.81. The Kier molecular flexibility index (Phi) is 2.08. The van der Waals surface area contributed by atoms with Gasteiger partial charge in [0.15, 0.2) is 0 Å². The first-order valence-electron chi connectivity index (χ1n) is 4.14. The van der Waals surface area contributed by atoms with E-state index in [0.717, 1.165) is 30.4 Å². The minimum Gasteiger partial charge on any atom is -0.207 e. The summed E-state index contributed by atoms with van der Waals surface area (Å²) >= 11 is 0. The van der Waals surface area contributed by atoms with Gasteiger partial charge < -0.3 is 0 Å². The maximum Gasteiger partial charge on any atom is 0.261 e. The second-order valence-electron chi connectivity index (χ2n) is 3.19. The average Bonchev–Trinajstić information content (AvgIpc) is 2.48. The molecule has 13 heavy (non-hydrogen) atoms. The van der Waals surface area contributed by atoms with E-state index >= 15 is 0 Å². The molecule has 0 saturated heterocycles. The van der Waals surface area contributed by atoms with Crippen LogP contribution in [-0.2, 0) is 21.9 Å². The SMILES string of the molecule is O=S(=O)(Cl)c1cccc2c1CCC2. The van der Waals surface area contributed by atoms with Crippen LogP contribution in [0.3, 0.4) is 0 Å². The van der Waals surface area contributed by atoms with Crippen LogP contribution in [0.5, 0.6) is 0 Å². The second-order valence-corrected chi connectivity index (χ2v) is 5.72. The van der Waals surface area contributed by atoms with E-state index in [-0.39, 0.29) is 0 Å². The Balaban J connectivity index is 2.67. The molecule has 0 radical (unpaired) electrons. The molecule has 0 bridgehead atoms. The number of benzene rings is 1. The molecule has 1 aliphatic carbocycles. The van der Waals surface area contributed by atoms with Crippen LogP contribution in [0.25, 0.3) is 0 Å². The van der Waals surface area contributed by atoms with Gasteiger partial charge in [-0.1, -0.05) is 12.1 Å². The minimum absolute atomic E-state index is 0.296. The number of halogens is 1. The third-order valence-corrected chi connectivity index (χ3v) is 3.77. The van der Waals surface area contributed by atoms with Gasteiger partial charge in [-0.2, -0.15) is 0 Å². The maximum absolute atomic E-state index is 11.2. The highest BCUT2D eigenvalue weighted by Crippen LogP contribution is 2.29. The number of rotatable bonds is 1. The summed E-state index contributed by atoms with van der Waals surface area (Å²) in [5.41, 5.74) is 2.04. The lowest BCUT2D eigenvalue weighted by Crippen LogP contribution is -1.96. The Morgan fingerprint density at radius 1 is 1.23 bits per heavy atom. The first-order chi connectivity index (χ1) is 6.09. The summed E-state index contributed by atoms with van der Waals surface area (Å²) in [7, 11) is 1.76. The van der Waals surface area contributed by atoms with Crippen molar-refractivity contribution in [2.75, 3.05) is 0 Å². The molecule has 0 unspecified atom stereocenters. The van der Waals surface area contributed by atoms with Crippen LogP contribution in [0.15, 0.2) is 23.1 Å². The van der Waals surface area contributed by atoms with Gasteiger partial charge in [0.25, 0.3) is 9.05 Å². The first kappa shape index (κ1) is 9.03. The van der Waals surface area contributed by atoms with Crippen molar-refractivity contribution in [3.63, 3.8) is 0 Å². The lowest BCUT2D eigenvalue weighted by Gasteiger charge is -2.03. The van der Waals surface area contributed by atoms with Crippen LogP contribution >= 0.6 is 10.7 Å². The van der Waals surface area contributed by atoms with Crippen molar-refractivity contribution in [1.82, 2.24) is 0 Å². The van der Waals surface area contributed by atoms with E-state index in [0.29, 0.717) is 4.90 Å². The van der Waals surface area contributed by atoms with Crippen LogP contribution < -0.4 is 0 Å². The zero-order valence-corrected chi connectivity index (χ0v) is 8.53. The molecule has 2 rings (SSSR count). The topological polar surface area (TPSA) is 34.1 Å². The molecule has 0 saturated carbocycles. The standard InChI is InChI=1S/C9H9ClO2S/c10-13(11,12)9-6-2-4-7-3-1-5-8(7)9/h2,4,6H,1,3,5H2. The summed E-state index contributed by atoms with van der Waals surface area (Å²) in [6.07, 6.45) is 2.83. The fraction of sp³-hybridized carbons (Fsp3) is 0.333. The molecule has 0 heterocycles. The fourth-order valence-corrected chi connectivity index (χ4v) is 3.02. The van der Waals surface area contributed by atoms with Gasteiger partial charge >= 0.3 is 0 Å². The highest BCUT2D eigenvalue weighted by molar-refractivity contribution is 8.13. The van der Waals surface area contributed by atoms with Crippen LogP contribution in [0.1, 0.15) is 17.5 Å². The summed E-state index contributed by atoms with van der Waals surface area (Å²) in [4.78, 5) is 0.296. The molecule has 0 aliphatic heterocycles. The normalized spacial score (nSPS) is 15.8. The van der Waals surface area contributed by atoms with Crippen molar-refractivity contribution in [3.05, 3.63) is 29.3 Å². The maximum atomic E-state index is 11.2. The molecule has 70 valence electrons. The Morgan fingerprint density at radius 2 is 2.00 bits per heavy atom. The molecule has 0 N–H and O–H groups in total. The van der Waals surface area contributed by atoms with Crippen LogP contribution in [0.2, 0.25) is 0 Å². The molecule has 0 amide bonds.